The third kappa shape index (κ3) is 4.35. The molecule has 6 nitrogen and oxygen atoms in total. The van der Waals surface area contributed by atoms with Crippen LogP contribution >= 0.6 is 12.4 Å². The van der Waals surface area contributed by atoms with Crippen molar-refractivity contribution in [2.45, 2.75) is 6.92 Å². The zero-order valence-electron chi connectivity index (χ0n) is 15.3. The summed E-state index contributed by atoms with van der Waals surface area (Å²) in [6.07, 6.45) is 0. The van der Waals surface area contributed by atoms with Crippen molar-refractivity contribution in [2.75, 3.05) is 39.5 Å². The maximum atomic E-state index is 9.94. The van der Waals surface area contributed by atoms with Crippen molar-refractivity contribution >= 4 is 23.2 Å². The molecule has 0 radical (unpaired) electrons. The Balaban J connectivity index is 0.00000210. The molecular formula is C20H24ClN3O3. The van der Waals surface area contributed by atoms with Gasteiger partial charge in [0.25, 0.3) is 0 Å². The topological polar surface area (TPSA) is 59.8 Å². The maximum absolute atomic E-state index is 9.94. The van der Waals surface area contributed by atoms with E-state index in [1.165, 1.54) is 0 Å². The van der Waals surface area contributed by atoms with Gasteiger partial charge in [-0.05, 0) is 36.6 Å². The van der Waals surface area contributed by atoms with E-state index in [4.69, 9.17) is 9.47 Å². The van der Waals surface area contributed by atoms with Crippen LogP contribution in [0.1, 0.15) is 5.69 Å². The molecule has 1 aliphatic heterocycles. The van der Waals surface area contributed by atoms with Gasteiger partial charge in [0.2, 0.25) is 5.88 Å². The molecular weight excluding hydrogens is 366 g/mol. The van der Waals surface area contributed by atoms with E-state index >= 15 is 0 Å². The molecule has 0 bridgehead atoms. The molecule has 7 heteroatoms. The quantitative estimate of drug-likeness (QED) is 0.726. The van der Waals surface area contributed by atoms with Gasteiger partial charge in [0.15, 0.2) is 0 Å². The zero-order valence-corrected chi connectivity index (χ0v) is 16.1. The van der Waals surface area contributed by atoms with Crippen LogP contribution in [-0.4, -0.2) is 59.2 Å². The minimum atomic E-state index is 0. The van der Waals surface area contributed by atoms with Gasteiger partial charge in [-0.1, -0.05) is 12.1 Å². The molecule has 2 heterocycles. The number of aromatic hydroxyl groups is 1. The minimum absolute atomic E-state index is 0. The zero-order chi connectivity index (χ0) is 17.9. The Hall–Kier alpha value is -2.28. The first kappa shape index (κ1) is 19.5. The lowest BCUT2D eigenvalue weighted by atomic mass is 10.1. The van der Waals surface area contributed by atoms with E-state index in [2.05, 4.69) is 10.00 Å². The molecule has 0 spiro atoms. The van der Waals surface area contributed by atoms with Crippen LogP contribution in [0.4, 0.5) is 0 Å². The first-order valence-corrected chi connectivity index (χ1v) is 8.92. The van der Waals surface area contributed by atoms with Crippen LogP contribution in [-0.2, 0) is 4.74 Å². The molecule has 0 aliphatic carbocycles. The molecule has 4 rings (SSSR count). The van der Waals surface area contributed by atoms with Gasteiger partial charge >= 0.3 is 0 Å². The summed E-state index contributed by atoms with van der Waals surface area (Å²) < 4.78 is 13.1. The number of hydrogen-bond acceptors (Lipinski definition) is 5. The van der Waals surface area contributed by atoms with Gasteiger partial charge in [0.1, 0.15) is 12.4 Å². The number of phenols is 1. The number of morpholine rings is 1. The second-order valence-electron chi connectivity index (χ2n) is 6.52. The predicted octanol–water partition coefficient (Wildman–Crippen LogP) is 3.17. The van der Waals surface area contributed by atoms with Crippen molar-refractivity contribution in [3.05, 3.63) is 48.2 Å². The molecule has 0 atom stereocenters. The maximum Gasteiger partial charge on any atom is 0.233 e. The fourth-order valence-corrected chi connectivity index (χ4v) is 3.27. The summed E-state index contributed by atoms with van der Waals surface area (Å²) in [5, 5.41) is 16.3. The third-order valence-electron chi connectivity index (χ3n) is 4.71. The number of phenolic OH excluding ortho intramolecular Hbond substituents is 1. The van der Waals surface area contributed by atoms with Crippen molar-refractivity contribution in [2.24, 2.45) is 0 Å². The first-order chi connectivity index (χ1) is 12.7. The monoisotopic (exact) mass is 389 g/mol. The van der Waals surface area contributed by atoms with Crippen molar-refractivity contribution in [1.82, 2.24) is 14.7 Å². The van der Waals surface area contributed by atoms with Crippen molar-refractivity contribution in [3.63, 3.8) is 0 Å². The van der Waals surface area contributed by atoms with Gasteiger partial charge in [-0.2, -0.15) is 0 Å². The summed E-state index contributed by atoms with van der Waals surface area (Å²) in [6, 6.07) is 13.4. The van der Waals surface area contributed by atoms with E-state index in [0.717, 1.165) is 55.0 Å². The van der Waals surface area contributed by atoms with Crippen LogP contribution in [0.25, 0.3) is 16.5 Å². The molecule has 3 aromatic rings. The van der Waals surface area contributed by atoms with Gasteiger partial charge < -0.3 is 14.6 Å². The first-order valence-electron chi connectivity index (χ1n) is 8.92. The Bertz CT molecular complexity index is 907. The normalized spacial score (nSPS) is 14.9. The van der Waals surface area contributed by atoms with Crippen molar-refractivity contribution < 1.29 is 14.6 Å². The largest absolute Gasteiger partial charge is 0.507 e. The average Bonchev–Trinajstić information content (AvgIpc) is 3.03. The Labute approximate surface area is 164 Å². The summed E-state index contributed by atoms with van der Waals surface area (Å²) >= 11 is 0. The fourth-order valence-electron chi connectivity index (χ4n) is 3.27. The fraction of sp³-hybridized carbons (Fsp3) is 0.350. The standard InChI is InChI=1S/C20H23N3O3.ClH/c1-15-13-20(26-12-9-22-7-10-25-11-8-22)21-23(15)17-5-6-18-16(14-17)3-2-4-19(18)24;/h2-6,13-14,24H,7-12H2,1H3;1H. The van der Waals surface area contributed by atoms with Crippen LogP contribution in [0.15, 0.2) is 42.5 Å². The third-order valence-corrected chi connectivity index (χ3v) is 4.71. The Morgan fingerprint density at radius 3 is 2.78 bits per heavy atom. The van der Waals surface area contributed by atoms with Crippen molar-refractivity contribution in [1.29, 1.82) is 0 Å². The highest BCUT2D eigenvalue weighted by molar-refractivity contribution is 5.89. The summed E-state index contributed by atoms with van der Waals surface area (Å²) in [5.74, 6) is 0.921. The lowest BCUT2D eigenvalue weighted by Gasteiger charge is -2.26. The van der Waals surface area contributed by atoms with Crippen LogP contribution in [0, 0.1) is 6.92 Å². The van der Waals surface area contributed by atoms with Crippen LogP contribution in [0.2, 0.25) is 0 Å². The number of aromatic nitrogens is 2. The second kappa shape index (κ2) is 8.61. The van der Waals surface area contributed by atoms with Crippen LogP contribution in [0.5, 0.6) is 11.6 Å². The van der Waals surface area contributed by atoms with E-state index in [0.29, 0.717) is 18.2 Å². The summed E-state index contributed by atoms with van der Waals surface area (Å²) in [7, 11) is 0. The number of hydrogen-bond donors (Lipinski definition) is 1. The number of ether oxygens (including phenoxy) is 2. The van der Waals surface area contributed by atoms with Crippen LogP contribution in [0.3, 0.4) is 0 Å². The number of nitrogens with zero attached hydrogens (tertiary/aromatic N) is 3. The average molecular weight is 390 g/mol. The van der Waals surface area contributed by atoms with E-state index in [9.17, 15) is 5.11 Å². The number of rotatable bonds is 5. The lowest BCUT2D eigenvalue weighted by molar-refractivity contribution is 0.0320. The SMILES string of the molecule is Cc1cc(OCCN2CCOCC2)nn1-c1ccc2c(O)cccc2c1.Cl. The van der Waals surface area contributed by atoms with Crippen LogP contribution < -0.4 is 4.74 Å². The molecule has 0 saturated carbocycles. The highest BCUT2D eigenvalue weighted by Crippen LogP contribution is 2.27. The summed E-state index contributed by atoms with van der Waals surface area (Å²) in [4.78, 5) is 2.34. The van der Waals surface area contributed by atoms with Gasteiger partial charge in [-0.3, -0.25) is 4.90 Å². The summed E-state index contributed by atoms with van der Waals surface area (Å²) in [6.45, 7) is 7.01. The number of aryl methyl sites for hydroxylation is 1. The van der Waals surface area contributed by atoms with Gasteiger partial charge in [-0.15, -0.1) is 17.5 Å². The molecule has 1 N–H and O–H groups in total. The Morgan fingerprint density at radius 1 is 1.15 bits per heavy atom. The molecule has 1 aromatic heterocycles. The van der Waals surface area contributed by atoms with Crippen molar-refractivity contribution in [3.8, 4) is 17.3 Å². The van der Waals surface area contributed by atoms with E-state index in [1.54, 1.807) is 6.07 Å². The molecule has 27 heavy (non-hydrogen) atoms. The Kier molecular flexibility index (Phi) is 6.21. The molecule has 1 saturated heterocycles. The van der Waals surface area contributed by atoms with Gasteiger partial charge in [0, 0.05) is 36.8 Å². The lowest BCUT2D eigenvalue weighted by Crippen LogP contribution is -2.38. The smallest absolute Gasteiger partial charge is 0.233 e. The number of halogens is 1. The van der Waals surface area contributed by atoms with E-state index < -0.39 is 0 Å². The highest BCUT2D eigenvalue weighted by Gasteiger charge is 2.12. The highest BCUT2D eigenvalue weighted by atomic mass is 35.5. The number of benzene rings is 2. The van der Waals surface area contributed by atoms with E-state index in [1.807, 2.05) is 48.0 Å². The second-order valence-corrected chi connectivity index (χ2v) is 6.52. The molecule has 144 valence electrons. The Morgan fingerprint density at radius 2 is 1.96 bits per heavy atom. The van der Waals surface area contributed by atoms with Gasteiger partial charge in [-0.25, -0.2) is 4.68 Å². The molecule has 1 aliphatic rings. The molecule has 0 unspecified atom stereocenters. The molecule has 0 amide bonds. The molecule has 2 aromatic carbocycles. The number of fused-ring (bicyclic) bond motifs is 1. The summed E-state index contributed by atoms with van der Waals surface area (Å²) in [5.41, 5.74) is 1.95. The predicted molar refractivity (Wildman–Crippen MR) is 107 cm³/mol. The van der Waals surface area contributed by atoms with E-state index in [-0.39, 0.29) is 12.4 Å². The minimum Gasteiger partial charge on any atom is -0.507 e. The van der Waals surface area contributed by atoms with Gasteiger partial charge in [0.05, 0.1) is 18.9 Å². The molecule has 1 fully saturated rings.